The number of nitrogens with zero attached hydrogens (tertiary/aromatic N) is 2. The van der Waals surface area contributed by atoms with Crippen LogP contribution in [0, 0.1) is 0 Å². The van der Waals surface area contributed by atoms with Crippen LogP contribution in [-0.4, -0.2) is 52.7 Å². The van der Waals surface area contributed by atoms with Gasteiger partial charge in [-0.2, -0.15) is 0 Å². The van der Waals surface area contributed by atoms with Crippen molar-refractivity contribution < 1.29 is 19.4 Å². The number of ether oxygens (including phenoxy) is 1. The van der Waals surface area contributed by atoms with Crippen LogP contribution in [0.1, 0.15) is 5.56 Å². The van der Waals surface area contributed by atoms with Crippen molar-refractivity contribution in [3.8, 4) is 0 Å². The molecule has 0 aromatic carbocycles. The highest BCUT2D eigenvalue weighted by atomic mass is 16.5. The van der Waals surface area contributed by atoms with Crippen LogP contribution in [0.2, 0.25) is 0 Å². The van der Waals surface area contributed by atoms with E-state index in [0.29, 0.717) is 6.54 Å². The smallest absolute Gasteiger partial charge is 0.334 e. The molecular weight excluding hydrogens is 236 g/mol. The standard InChI is InChI=1S/C12H14N2O4/c15-11(7-9-1-3-13-4-2-9)14-5-6-18-10(8-14)12(16)17/h1-4,10H,5-8H2,(H,16,17). The fraction of sp³-hybridized carbons (Fsp3) is 0.417. The summed E-state index contributed by atoms with van der Waals surface area (Å²) in [6.45, 7) is 0.812. The van der Waals surface area contributed by atoms with Gasteiger partial charge in [-0.15, -0.1) is 0 Å². The molecule has 6 heteroatoms. The highest BCUT2D eigenvalue weighted by molar-refractivity contribution is 5.80. The number of aliphatic carboxylic acids is 1. The Balaban J connectivity index is 1.95. The van der Waals surface area contributed by atoms with E-state index in [4.69, 9.17) is 9.84 Å². The Morgan fingerprint density at radius 1 is 1.44 bits per heavy atom. The molecule has 1 unspecified atom stereocenters. The van der Waals surface area contributed by atoms with Gasteiger partial charge in [-0.25, -0.2) is 4.79 Å². The molecule has 1 saturated heterocycles. The Bertz CT molecular complexity index is 435. The van der Waals surface area contributed by atoms with Gasteiger partial charge in [0.2, 0.25) is 5.91 Å². The number of hydrogen-bond acceptors (Lipinski definition) is 4. The second kappa shape index (κ2) is 5.59. The third-order valence-corrected chi connectivity index (χ3v) is 2.80. The molecular formula is C12H14N2O4. The maximum Gasteiger partial charge on any atom is 0.334 e. The van der Waals surface area contributed by atoms with Crippen molar-refractivity contribution in [1.29, 1.82) is 0 Å². The lowest BCUT2D eigenvalue weighted by Crippen LogP contribution is -2.49. The van der Waals surface area contributed by atoms with Crippen molar-refractivity contribution in [3.63, 3.8) is 0 Å². The van der Waals surface area contributed by atoms with Gasteiger partial charge < -0.3 is 14.7 Å². The van der Waals surface area contributed by atoms with Crippen LogP contribution in [0.3, 0.4) is 0 Å². The van der Waals surface area contributed by atoms with E-state index < -0.39 is 12.1 Å². The minimum Gasteiger partial charge on any atom is -0.479 e. The topological polar surface area (TPSA) is 79.7 Å². The van der Waals surface area contributed by atoms with E-state index in [2.05, 4.69) is 4.98 Å². The number of carboxylic acids is 1. The summed E-state index contributed by atoms with van der Waals surface area (Å²) in [5, 5.41) is 8.86. The Morgan fingerprint density at radius 3 is 2.83 bits per heavy atom. The number of hydrogen-bond donors (Lipinski definition) is 1. The van der Waals surface area contributed by atoms with E-state index in [1.807, 2.05) is 0 Å². The predicted molar refractivity (Wildman–Crippen MR) is 61.9 cm³/mol. The number of morpholine rings is 1. The molecule has 96 valence electrons. The number of rotatable bonds is 3. The van der Waals surface area contributed by atoms with Gasteiger partial charge in [0, 0.05) is 18.9 Å². The van der Waals surface area contributed by atoms with Gasteiger partial charge in [0.15, 0.2) is 6.10 Å². The average Bonchev–Trinajstić information content (AvgIpc) is 2.40. The van der Waals surface area contributed by atoms with Crippen molar-refractivity contribution in [3.05, 3.63) is 30.1 Å². The minimum absolute atomic E-state index is 0.0873. The van der Waals surface area contributed by atoms with Crippen molar-refractivity contribution in [1.82, 2.24) is 9.88 Å². The monoisotopic (exact) mass is 250 g/mol. The summed E-state index contributed by atoms with van der Waals surface area (Å²) in [6, 6.07) is 3.54. The maximum atomic E-state index is 12.0. The van der Waals surface area contributed by atoms with Crippen LogP contribution in [0.25, 0.3) is 0 Å². The Morgan fingerprint density at radius 2 is 2.17 bits per heavy atom. The van der Waals surface area contributed by atoms with Crippen molar-refractivity contribution >= 4 is 11.9 Å². The molecule has 1 aromatic heterocycles. The zero-order valence-electron chi connectivity index (χ0n) is 9.78. The summed E-state index contributed by atoms with van der Waals surface area (Å²) >= 11 is 0. The maximum absolute atomic E-state index is 12.0. The molecule has 1 atom stereocenters. The van der Waals surface area contributed by atoms with E-state index in [-0.39, 0.29) is 25.5 Å². The molecule has 6 nitrogen and oxygen atoms in total. The third-order valence-electron chi connectivity index (χ3n) is 2.80. The molecule has 0 aliphatic carbocycles. The lowest BCUT2D eigenvalue weighted by molar-refractivity contribution is -0.159. The summed E-state index contributed by atoms with van der Waals surface area (Å²) in [7, 11) is 0. The Kier molecular flexibility index (Phi) is 3.88. The molecule has 2 heterocycles. The predicted octanol–water partition coefficient (Wildman–Crippen LogP) is -0.0639. The van der Waals surface area contributed by atoms with Crippen molar-refractivity contribution in [2.24, 2.45) is 0 Å². The number of pyridine rings is 1. The first-order chi connectivity index (χ1) is 8.66. The molecule has 0 spiro atoms. The summed E-state index contributed by atoms with van der Waals surface area (Å²) in [5.74, 6) is -1.12. The van der Waals surface area contributed by atoms with Crippen LogP contribution < -0.4 is 0 Å². The molecule has 0 saturated carbocycles. The molecule has 2 rings (SSSR count). The fourth-order valence-electron chi connectivity index (χ4n) is 1.81. The highest BCUT2D eigenvalue weighted by Gasteiger charge is 2.28. The zero-order chi connectivity index (χ0) is 13.0. The lowest BCUT2D eigenvalue weighted by Gasteiger charge is -2.30. The second-order valence-corrected chi connectivity index (χ2v) is 4.07. The Hall–Kier alpha value is -1.95. The third kappa shape index (κ3) is 3.04. The number of carboxylic acid groups (broad SMARTS) is 1. The van der Waals surface area contributed by atoms with Gasteiger partial charge in [0.25, 0.3) is 0 Å². The van der Waals surface area contributed by atoms with Crippen molar-refractivity contribution in [2.45, 2.75) is 12.5 Å². The second-order valence-electron chi connectivity index (χ2n) is 4.07. The molecule has 0 radical (unpaired) electrons. The quantitative estimate of drug-likeness (QED) is 0.812. The van der Waals surface area contributed by atoms with Crippen LogP contribution in [0.4, 0.5) is 0 Å². The van der Waals surface area contributed by atoms with Gasteiger partial charge in [-0.3, -0.25) is 9.78 Å². The normalized spacial score (nSPS) is 19.6. The zero-order valence-corrected chi connectivity index (χ0v) is 9.78. The van der Waals surface area contributed by atoms with Gasteiger partial charge in [-0.1, -0.05) is 0 Å². The molecule has 1 aromatic rings. The van der Waals surface area contributed by atoms with Gasteiger partial charge >= 0.3 is 5.97 Å². The lowest BCUT2D eigenvalue weighted by atomic mass is 10.1. The van der Waals surface area contributed by atoms with E-state index in [9.17, 15) is 9.59 Å². The summed E-state index contributed by atoms with van der Waals surface area (Å²) in [4.78, 5) is 28.2. The number of amides is 1. The first kappa shape index (κ1) is 12.5. The number of carbonyl (C=O) groups is 2. The minimum atomic E-state index is -1.03. The number of aromatic nitrogens is 1. The van der Waals surface area contributed by atoms with Crippen LogP contribution in [0.15, 0.2) is 24.5 Å². The van der Waals surface area contributed by atoms with E-state index in [0.717, 1.165) is 5.56 Å². The van der Waals surface area contributed by atoms with Crippen LogP contribution in [-0.2, 0) is 20.7 Å². The molecule has 18 heavy (non-hydrogen) atoms. The van der Waals surface area contributed by atoms with Gasteiger partial charge in [-0.05, 0) is 17.7 Å². The first-order valence-corrected chi connectivity index (χ1v) is 5.68. The first-order valence-electron chi connectivity index (χ1n) is 5.68. The average molecular weight is 250 g/mol. The van der Waals surface area contributed by atoms with Crippen molar-refractivity contribution in [2.75, 3.05) is 19.7 Å². The summed E-state index contributed by atoms with van der Waals surface area (Å²) < 4.78 is 5.07. The van der Waals surface area contributed by atoms with Gasteiger partial charge in [0.05, 0.1) is 19.6 Å². The molecule has 1 aliphatic rings. The molecule has 1 fully saturated rings. The molecule has 1 aliphatic heterocycles. The van der Waals surface area contributed by atoms with Crippen LogP contribution >= 0.6 is 0 Å². The summed E-state index contributed by atoms with van der Waals surface area (Å²) in [5.41, 5.74) is 0.869. The summed E-state index contributed by atoms with van der Waals surface area (Å²) in [6.07, 6.45) is 2.60. The SMILES string of the molecule is O=C(O)C1CN(C(=O)Cc2ccncc2)CCO1. The van der Waals surface area contributed by atoms with E-state index >= 15 is 0 Å². The van der Waals surface area contributed by atoms with Crippen LogP contribution in [0.5, 0.6) is 0 Å². The van der Waals surface area contributed by atoms with E-state index in [1.165, 1.54) is 4.90 Å². The molecule has 1 N–H and O–H groups in total. The number of carbonyl (C=O) groups excluding carboxylic acids is 1. The largest absolute Gasteiger partial charge is 0.479 e. The van der Waals surface area contributed by atoms with Gasteiger partial charge in [0.1, 0.15) is 0 Å². The Labute approximate surface area is 104 Å². The van der Waals surface area contributed by atoms with E-state index in [1.54, 1.807) is 24.5 Å². The molecule has 1 amide bonds. The fourth-order valence-corrected chi connectivity index (χ4v) is 1.81. The highest BCUT2D eigenvalue weighted by Crippen LogP contribution is 2.08. The molecule has 0 bridgehead atoms.